The molecule has 0 aromatic carbocycles. The maximum absolute atomic E-state index is 12.7. The predicted molar refractivity (Wildman–Crippen MR) is 82.3 cm³/mol. The summed E-state index contributed by atoms with van der Waals surface area (Å²) in [6.45, 7) is 2.20. The smallest absolute Gasteiger partial charge is 0.266 e. The molecule has 1 saturated heterocycles. The van der Waals surface area contributed by atoms with Crippen LogP contribution in [0.15, 0.2) is 12.3 Å². The van der Waals surface area contributed by atoms with E-state index in [9.17, 15) is 4.79 Å². The van der Waals surface area contributed by atoms with Crippen molar-refractivity contribution < 1.29 is 9.53 Å². The number of likely N-dealkylation sites (tertiary alicyclic amines) is 1. The number of rotatable bonds is 3. The van der Waals surface area contributed by atoms with Crippen LogP contribution in [-0.2, 0) is 4.74 Å². The van der Waals surface area contributed by atoms with Gasteiger partial charge in [0.1, 0.15) is 9.71 Å². The summed E-state index contributed by atoms with van der Waals surface area (Å²) in [5.74, 6) is 0.402. The van der Waals surface area contributed by atoms with Crippen LogP contribution < -0.4 is 5.73 Å². The Labute approximate surface area is 126 Å². The van der Waals surface area contributed by atoms with Gasteiger partial charge in [-0.1, -0.05) is 0 Å². The number of aromatic nitrogens is 2. The summed E-state index contributed by atoms with van der Waals surface area (Å²) in [6, 6.07) is 1.80. The van der Waals surface area contributed by atoms with Gasteiger partial charge in [-0.15, -0.1) is 16.4 Å². The molecule has 21 heavy (non-hydrogen) atoms. The monoisotopic (exact) mass is 306 g/mol. The summed E-state index contributed by atoms with van der Waals surface area (Å²) in [4.78, 5) is 15.9. The number of methoxy groups -OCH3 is 1. The highest BCUT2D eigenvalue weighted by Gasteiger charge is 2.27. The van der Waals surface area contributed by atoms with Crippen LogP contribution in [0.25, 0.3) is 10.2 Å². The number of anilines is 1. The highest BCUT2D eigenvalue weighted by atomic mass is 32.1. The lowest BCUT2D eigenvalue weighted by Gasteiger charge is -2.32. The molecule has 1 fully saturated rings. The number of fused-ring (bicyclic) bond motifs is 1. The minimum Gasteiger partial charge on any atom is -0.397 e. The highest BCUT2D eigenvalue weighted by Crippen LogP contribution is 2.33. The molecule has 0 bridgehead atoms. The van der Waals surface area contributed by atoms with Crippen LogP contribution in [0.5, 0.6) is 0 Å². The third kappa shape index (κ3) is 2.71. The van der Waals surface area contributed by atoms with E-state index in [0.717, 1.165) is 31.3 Å². The van der Waals surface area contributed by atoms with Crippen LogP contribution >= 0.6 is 11.3 Å². The van der Waals surface area contributed by atoms with Crippen molar-refractivity contribution in [2.75, 3.05) is 32.5 Å². The first-order valence-electron chi connectivity index (χ1n) is 6.98. The topological polar surface area (TPSA) is 81.3 Å². The number of hydrogen-bond donors (Lipinski definition) is 1. The van der Waals surface area contributed by atoms with Crippen molar-refractivity contribution >= 4 is 33.1 Å². The first kappa shape index (κ1) is 14.2. The van der Waals surface area contributed by atoms with Gasteiger partial charge in [-0.25, -0.2) is 0 Å². The summed E-state index contributed by atoms with van der Waals surface area (Å²) in [5.41, 5.74) is 6.63. The number of amides is 1. The number of thiophene rings is 1. The molecule has 2 aromatic heterocycles. The Hall–Kier alpha value is -1.73. The van der Waals surface area contributed by atoms with E-state index in [1.807, 2.05) is 4.90 Å². The number of carbonyl (C=O) groups is 1. The molecule has 3 rings (SSSR count). The van der Waals surface area contributed by atoms with Gasteiger partial charge in [0.2, 0.25) is 0 Å². The lowest BCUT2D eigenvalue weighted by atomic mass is 9.99. The van der Waals surface area contributed by atoms with Crippen LogP contribution in [0.1, 0.15) is 22.5 Å². The zero-order valence-corrected chi connectivity index (χ0v) is 12.7. The van der Waals surface area contributed by atoms with Gasteiger partial charge in [0, 0.05) is 25.6 Å². The number of ether oxygens (including phenoxy) is 1. The molecule has 6 nitrogen and oxygen atoms in total. The predicted octanol–water partition coefficient (Wildman–Crippen LogP) is 1.77. The molecule has 3 heterocycles. The van der Waals surface area contributed by atoms with E-state index in [1.165, 1.54) is 11.3 Å². The highest BCUT2D eigenvalue weighted by molar-refractivity contribution is 7.21. The molecular formula is C14H18N4O2S. The zero-order chi connectivity index (χ0) is 14.8. The fourth-order valence-corrected chi connectivity index (χ4v) is 3.80. The average Bonchev–Trinajstić information content (AvgIpc) is 2.85. The van der Waals surface area contributed by atoms with Gasteiger partial charge in [-0.05, 0) is 24.8 Å². The van der Waals surface area contributed by atoms with E-state index >= 15 is 0 Å². The molecule has 1 aliphatic rings. The lowest BCUT2D eigenvalue weighted by molar-refractivity contribution is 0.0576. The molecule has 2 aromatic rings. The quantitative estimate of drug-likeness (QED) is 0.934. The lowest BCUT2D eigenvalue weighted by Crippen LogP contribution is -2.41. The first-order chi connectivity index (χ1) is 10.2. The Morgan fingerprint density at radius 1 is 1.62 bits per heavy atom. The molecule has 0 spiro atoms. The fraction of sp³-hybridized carbons (Fsp3) is 0.500. The minimum atomic E-state index is -0.00342. The van der Waals surface area contributed by atoms with Gasteiger partial charge in [0.25, 0.3) is 5.91 Å². The summed E-state index contributed by atoms with van der Waals surface area (Å²) in [7, 11) is 1.70. The van der Waals surface area contributed by atoms with Gasteiger partial charge in [0.05, 0.1) is 18.5 Å². The number of nitrogen functional groups attached to an aromatic ring is 1. The van der Waals surface area contributed by atoms with Crippen LogP contribution in [0.4, 0.5) is 5.69 Å². The van der Waals surface area contributed by atoms with Crippen molar-refractivity contribution in [2.24, 2.45) is 5.92 Å². The Bertz CT molecular complexity index is 655. The summed E-state index contributed by atoms with van der Waals surface area (Å²) >= 11 is 1.32. The molecule has 1 aliphatic heterocycles. The molecule has 0 saturated carbocycles. The molecule has 1 amide bonds. The van der Waals surface area contributed by atoms with Crippen LogP contribution in [0, 0.1) is 5.92 Å². The molecule has 7 heteroatoms. The third-order valence-electron chi connectivity index (χ3n) is 3.82. The van der Waals surface area contributed by atoms with Crippen molar-refractivity contribution in [3.05, 3.63) is 17.1 Å². The van der Waals surface area contributed by atoms with Crippen LogP contribution in [-0.4, -0.2) is 47.8 Å². The number of nitrogens with zero attached hydrogens (tertiary/aromatic N) is 3. The maximum Gasteiger partial charge on any atom is 0.266 e. The molecular weight excluding hydrogens is 288 g/mol. The summed E-state index contributed by atoms with van der Waals surface area (Å²) in [5, 5.41) is 8.68. The molecule has 0 radical (unpaired) electrons. The van der Waals surface area contributed by atoms with Crippen molar-refractivity contribution in [3.8, 4) is 0 Å². The van der Waals surface area contributed by atoms with Gasteiger partial charge >= 0.3 is 0 Å². The second-order valence-corrected chi connectivity index (χ2v) is 6.31. The van der Waals surface area contributed by atoms with Gasteiger partial charge in [0.15, 0.2) is 0 Å². The van der Waals surface area contributed by atoms with E-state index < -0.39 is 0 Å². The molecule has 2 N–H and O–H groups in total. The Morgan fingerprint density at radius 2 is 2.48 bits per heavy atom. The standard InChI is InChI=1S/C14H18N4O2S/c1-20-8-9-3-2-6-18(7-9)14(19)12-11(15)10-4-5-16-17-13(10)21-12/h4-5,9H,2-3,6-8,15H2,1H3. The second kappa shape index (κ2) is 5.95. The Balaban J connectivity index is 1.84. The third-order valence-corrected chi connectivity index (χ3v) is 4.92. The van der Waals surface area contributed by atoms with Gasteiger partial charge in [-0.3, -0.25) is 4.79 Å². The maximum atomic E-state index is 12.7. The molecule has 1 atom stereocenters. The summed E-state index contributed by atoms with van der Waals surface area (Å²) < 4.78 is 5.21. The van der Waals surface area contributed by atoms with E-state index in [1.54, 1.807) is 19.4 Å². The normalized spacial score (nSPS) is 19.1. The van der Waals surface area contributed by atoms with E-state index in [-0.39, 0.29) is 5.91 Å². The molecule has 112 valence electrons. The van der Waals surface area contributed by atoms with Crippen molar-refractivity contribution in [1.29, 1.82) is 0 Å². The van der Waals surface area contributed by atoms with E-state index in [4.69, 9.17) is 10.5 Å². The first-order valence-corrected chi connectivity index (χ1v) is 7.80. The average molecular weight is 306 g/mol. The number of carbonyl (C=O) groups excluding carboxylic acids is 1. The zero-order valence-electron chi connectivity index (χ0n) is 11.9. The largest absolute Gasteiger partial charge is 0.397 e. The van der Waals surface area contributed by atoms with Crippen molar-refractivity contribution in [2.45, 2.75) is 12.8 Å². The fourth-order valence-electron chi connectivity index (χ4n) is 2.80. The van der Waals surface area contributed by atoms with Gasteiger partial charge in [-0.2, -0.15) is 5.10 Å². The number of hydrogen-bond acceptors (Lipinski definition) is 6. The van der Waals surface area contributed by atoms with Gasteiger partial charge < -0.3 is 15.4 Å². The van der Waals surface area contributed by atoms with E-state index in [2.05, 4.69) is 10.2 Å². The minimum absolute atomic E-state index is 0.00342. The number of nitrogens with two attached hydrogens (primary N) is 1. The van der Waals surface area contributed by atoms with Crippen LogP contribution in [0.2, 0.25) is 0 Å². The Kier molecular flexibility index (Phi) is 4.03. The van der Waals surface area contributed by atoms with Crippen molar-refractivity contribution in [3.63, 3.8) is 0 Å². The second-order valence-electron chi connectivity index (χ2n) is 5.31. The van der Waals surface area contributed by atoms with E-state index in [0.29, 0.717) is 27.9 Å². The SMILES string of the molecule is COCC1CCCN(C(=O)c2sc3nnccc3c2N)C1. The molecule has 0 aliphatic carbocycles. The molecule has 1 unspecified atom stereocenters. The number of piperidine rings is 1. The van der Waals surface area contributed by atoms with Crippen LogP contribution in [0.3, 0.4) is 0 Å². The summed E-state index contributed by atoms with van der Waals surface area (Å²) in [6.07, 6.45) is 3.70. The Morgan fingerprint density at radius 3 is 3.24 bits per heavy atom. The van der Waals surface area contributed by atoms with Crippen molar-refractivity contribution in [1.82, 2.24) is 15.1 Å².